The molecule has 1 rings (SSSR count). The van der Waals surface area contributed by atoms with Gasteiger partial charge in [-0.1, -0.05) is 13.0 Å². The Labute approximate surface area is 115 Å². The molecule has 5 heteroatoms. The molecule has 2 unspecified atom stereocenters. The third-order valence-corrected chi connectivity index (χ3v) is 3.23. The number of amides is 1. The quantitative estimate of drug-likeness (QED) is 0.771. The molecule has 2 atom stereocenters. The first-order valence-corrected chi connectivity index (χ1v) is 6.67. The zero-order chi connectivity index (χ0) is 14.4. The van der Waals surface area contributed by atoms with Crippen LogP contribution in [-0.2, 0) is 4.79 Å². The van der Waals surface area contributed by atoms with Gasteiger partial charge < -0.3 is 11.5 Å². The fourth-order valence-electron chi connectivity index (χ4n) is 2.19. The normalized spacial score (nSPS) is 14.6. The van der Waals surface area contributed by atoms with Crippen molar-refractivity contribution in [2.45, 2.75) is 45.3 Å². The average molecular weight is 264 g/mol. The lowest BCUT2D eigenvalue weighted by atomic mass is 9.99. The molecule has 5 nitrogen and oxygen atoms in total. The van der Waals surface area contributed by atoms with E-state index in [1.165, 1.54) is 0 Å². The van der Waals surface area contributed by atoms with Crippen LogP contribution >= 0.6 is 0 Å². The van der Waals surface area contributed by atoms with E-state index in [4.69, 9.17) is 11.5 Å². The summed E-state index contributed by atoms with van der Waals surface area (Å²) in [6.07, 6.45) is 2.55. The van der Waals surface area contributed by atoms with Crippen molar-refractivity contribution in [2.24, 2.45) is 11.5 Å². The molecule has 106 valence electrons. The number of carbonyl (C=O) groups excluding carboxylic acids is 1. The van der Waals surface area contributed by atoms with Crippen LogP contribution in [0.5, 0.6) is 0 Å². The molecule has 0 aromatic carbocycles. The zero-order valence-corrected chi connectivity index (χ0v) is 11.9. The lowest BCUT2D eigenvalue weighted by Crippen LogP contribution is -2.47. The second-order valence-electron chi connectivity index (χ2n) is 5.00. The topological polar surface area (TPSA) is 85.2 Å². The van der Waals surface area contributed by atoms with Crippen LogP contribution < -0.4 is 11.5 Å². The van der Waals surface area contributed by atoms with Gasteiger partial charge in [0, 0.05) is 18.3 Å². The van der Waals surface area contributed by atoms with E-state index in [0.717, 1.165) is 12.1 Å². The summed E-state index contributed by atoms with van der Waals surface area (Å²) in [6.45, 7) is 6.28. The van der Waals surface area contributed by atoms with Gasteiger partial charge in [-0.3, -0.25) is 14.7 Å². The fourth-order valence-corrected chi connectivity index (χ4v) is 2.19. The van der Waals surface area contributed by atoms with Crippen LogP contribution in [0.2, 0.25) is 0 Å². The first-order chi connectivity index (χ1) is 8.97. The first kappa shape index (κ1) is 15.6. The molecule has 0 saturated carbocycles. The smallest absolute Gasteiger partial charge is 0.231 e. The van der Waals surface area contributed by atoms with Crippen molar-refractivity contribution in [3.05, 3.63) is 30.1 Å². The van der Waals surface area contributed by atoms with Crippen molar-refractivity contribution in [3.63, 3.8) is 0 Å². The first-order valence-electron chi connectivity index (χ1n) is 6.67. The summed E-state index contributed by atoms with van der Waals surface area (Å²) in [5, 5.41) is 0. The molecule has 1 aromatic rings. The summed E-state index contributed by atoms with van der Waals surface area (Å²) in [6, 6.07) is 5.72. The predicted octanol–water partition coefficient (Wildman–Crippen LogP) is 1.06. The van der Waals surface area contributed by atoms with Gasteiger partial charge >= 0.3 is 0 Å². The van der Waals surface area contributed by atoms with E-state index in [9.17, 15) is 4.79 Å². The standard InChI is InChI=1S/C14H24N4O/c1-4-11(15)14(12-7-5-6-8-17-12)18(10(2)3)9-13(16)19/h5-8,10-11,14H,4,9,15H2,1-3H3,(H2,16,19). The number of carbonyl (C=O) groups is 1. The van der Waals surface area contributed by atoms with E-state index >= 15 is 0 Å². The van der Waals surface area contributed by atoms with Crippen LogP contribution in [0.3, 0.4) is 0 Å². The molecule has 0 aliphatic carbocycles. The van der Waals surface area contributed by atoms with Crippen molar-refractivity contribution >= 4 is 5.91 Å². The van der Waals surface area contributed by atoms with E-state index in [1.54, 1.807) is 6.20 Å². The Morgan fingerprint density at radius 1 is 1.42 bits per heavy atom. The van der Waals surface area contributed by atoms with Crippen LogP contribution in [-0.4, -0.2) is 34.4 Å². The van der Waals surface area contributed by atoms with Gasteiger partial charge in [0.15, 0.2) is 0 Å². The van der Waals surface area contributed by atoms with E-state index < -0.39 is 0 Å². The van der Waals surface area contributed by atoms with Gasteiger partial charge in [0.25, 0.3) is 0 Å². The monoisotopic (exact) mass is 264 g/mol. The second kappa shape index (κ2) is 7.21. The predicted molar refractivity (Wildman–Crippen MR) is 76.3 cm³/mol. The number of nitrogens with two attached hydrogens (primary N) is 2. The Kier molecular flexibility index (Phi) is 5.92. The lowest BCUT2D eigenvalue weighted by Gasteiger charge is -2.36. The molecule has 1 aromatic heterocycles. The van der Waals surface area contributed by atoms with Crippen molar-refractivity contribution in [2.75, 3.05) is 6.54 Å². The molecule has 0 fully saturated rings. The Morgan fingerprint density at radius 2 is 2.11 bits per heavy atom. The van der Waals surface area contributed by atoms with Crippen LogP contribution in [0, 0.1) is 0 Å². The maximum atomic E-state index is 11.3. The van der Waals surface area contributed by atoms with Crippen LogP contribution in [0.1, 0.15) is 38.9 Å². The highest BCUT2D eigenvalue weighted by Gasteiger charge is 2.29. The molecule has 1 amide bonds. The van der Waals surface area contributed by atoms with Crippen LogP contribution in [0.4, 0.5) is 0 Å². The van der Waals surface area contributed by atoms with Gasteiger partial charge in [-0.2, -0.15) is 0 Å². The molecular weight excluding hydrogens is 240 g/mol. The van der Waals surface area contributed by atoms with Crippen molar-refractivity contribution in [1.82, 2.24) is 9.88 Å². The molecule has 0 aliphatic heterocycles. The van der Waals surface area contributed by atoms with Gasteiger partial charge in [0.05, 0.1) is 18.3 Å². The molecular formula is C14H24N4O. The van der Waals surface area contributed by atoms with E-state index in [1.807, 2.05) is 43.9 Å². The summed E-state index contributed by atoms with van der Waals surface area (Å²) >= 11 is 0. The summed E-state index contributed by atoms with van der Waals surface area (Å²) in [7, 11) is 0. The lowest BCUT2D eigenvalue weighted by molar-refractivity contribution is -0.120. The molecule has 19 heavy (non-hydrogen) atoms. The highest BCUT2D eigenvalue weighted by Crippen LogP contribution is 2.25. The summed E-state index contributed by atoms with van der Waals surface area (Å²) in [5.74, 6) is -0.349. The number of aromatic nitrogens is 1. The molecule has 4 N–H and O–H groups in total. The minimum absolute atomic E-state index is 0.0864. The van der Waals surface area contributed by atoms with Crippen molar-refractivity contribution < 1.29 is 4.79 Å². The maximum absolute atomic E-state index is 11.3. The van der Waals surface area contributed by atoms with Crippen LogP contribution in [0.25, 0.3) is 0 Å². The van der Waals surface area contributed by atoms with E-state index in [2.05, 4.69) is 4.98 Å². The zero-order valence-electron chi connectivity index (χ0n) is 11.9. The minimum atomic E-state index is -0.349. The summed E-state index contributed by atoms with van der Waals surface area (Å²) < 4.78 is 0. The highest BCUT2D eigenvalue weighted by molar-refractivity contribution is 5.76. The Balaban J connectivity index is 3.10. The number of hydrogen-bond donors (Lipinski definition) is 2. The highest BCUT2D eigenvalue weighted by atomic mass is 16.1. The van der Waals surface area contributed by atoms with Crippen molar-refractivity contribution in [1.29, 1.82) is 0 Å². The van der Waals surface area contributed by atoms with Gasteiger partial charge in [-0.05, 0) is 32.4 Å². The summed E-state index contributed by atoms with van der Waals surface area (Å²) in [5.41, 5.74) is 12.5. The SMILES string of the molecule is CCC(N)C(c1ccccn1)N(CC(N)=O)C(C)C. The van der Waals surface area contributed by atoms with Gasteiger partial charge in [0.2, 0.25) is 5.91 Å². The van der Waals surface area contributed by atoms with Gasteiger partial charge in [0.1, 0.15) is 0 Å². The molecule has 0 spiro atoms. The average Bonchev–Trinajstić information content (AvgIpc) is 2.38. The molecule has 0 saturated heterocycles. The third-order valence-electron chi connectivity index (χ3n) is 3.23. The fraction of sp³-hybridized carbons (Fsp3) is 0.571. The van der Waals surface area contributed by atoms with Gasteiger partial charge in [-0.25, -0.2) is 0 Å². The number of pyridine rings is 1. The third kappa shape index (κ3) is 4.29. The Bertz CT molecular complexity index is 394. The maximum Gasteiger partial charge on any atom is 0.231 e. The Hall–Kier alpha value is -1.46. The molecule has 0 radical (unpaired) electrons. The van der Waals surface area contributed by atoms with Crippen molar-refractivity contribution in [3.8, 4) is 0 Å². The second-order valence-corrected chi connectivity index (χ2v) is 5.00. The number of hydrogen-bond acceptors (Lipinski definition) is 4. The molecule has 1 heterocycles. The van der Waals surface area contributed by atoms with Gasteiger partial charge in [-0.15, -0.1) is 0 Å². The molecule has 0 aliphatic rings. The summed E-state index contributed by atoms with van der Waals surface area (Å²) in [4.78, 5) is 17.7. The Morgan fingerprint density at radius 3 is 2.53 bits per heavy atom. The van der Waals surface area contributed by atoms with E-state index in [-0.39, 0.29) is 30.6 Å². The van der Waals surface area contributed by atoms with E-state index in [0.29, 0.717) is 0 Å². The minimum Gasteiger partial charge on any atom is -0.369 e. The number of rotatable bonds is 7. The number of primary amides is 1. The number of nitrogens with zero attached hydrogens (tertiary/aromatic N) is 2. The van der Waals surface area contributed by atoms with Crippen LogP contribution in [0.15, 0.2) is 24.4 Å². The largest absolute Gasteiger partial charge is 0.369 e. The molecule has 0 bridgehead atoms.